The number of rotatable bonds is 75. The van der Waals surface area contributed by atoms with Gasteiger partial charge < -0.3 is 48.0 Å². The van der Waals surface area contributed by atoms with Gasteiger partial charge >= 0.3 is 35.8 Å². The Balaban J connectivity index is 7.74. The first-order valence-electron chi connectivity index (χ1n) is 42.4. The van der Waals surface area contributed by atoms with Gasteiger partial charge in [0.25, 0.3) is 0 Å². The Morgan fingerprint density at radius 1 is 0.311 bits per heavy atom. The molecule has 0 aromatic rings. The molecule has 6 atom stereocenters. The van der Waals surface area contributed by atoms with E-state index in [-0.39, 0.29) is 99.1 Å². The normalized spacial score (nSPS) is 13.8. The van der Waals surface area contributed by atoms with Gasteiger partial charge in [-0.1, -0.05) is 205 Å². The molecule has 0 N–H and O–H groups in total. The molecule has 0 fully saturated rings. The van der Waals surface area contributed by atoms with Crippen molar-refractivity contribution in [1.82, 2.24) is 39.2 Å². The molecular formula is C84H166N8O12S2. The second-order valence-corrected chi connectivity index (χ2v) is 35.3. The van der Waals surface area contributed by atoms with Crippen LogP contribution in [-0.2, 0) is 57.2 Å². The van der Waals surface area contributed by atoms with Crippen LogP contribution in [-0.4, -0.2) is 285 Å². The van der Waals surface area contributed by atoms with E-state index in [0.29, 0.717) is 51.4 Å². The Bertz CT molecular complexity index is 1960. The number of hydrogen-bond acceptors (Lipinski definition) is 22. The highest BCUT2D eigenvalue weighted by molar-refractivity contribution is 8.76. The van der Waals surface area contributed by atoms with Crippen LogP contribution >= 0.6 is 21.6 Å². The third-order valence-corrected chi connectivity index (χ3v) is 21.8. The fourth-order valence-electron chi connectivity index (χ4n) is 12.9. The predicted octanol–water partition coefficient (Wildman–Crippen LogP) is 15.7. The Morgan fingerprint density at radius 3 is 0.877 bits per heavy atom. The fourth-order valence-corrected chi connectivity index (χ4v) is 15.4. The maximum atomic E-state index is 15.3. The van der Waals surface area contributed by atoms with Crippen molar-refractivity contribution in [2.24, 2.45) is 23.7 Å². The Labute approximate surface area is 658 Å². The number of hydrogen-bond donors (Lipinski definition) is 0. The van der Waals surface area contributed by atoms with E-state index in [1.54, 1.807) is 0 Å². The van der Waals surface area contributed by atoms with Gasteiger partial charge in [0.15, 0.2) is 0 Å². The molecule has 0 aliphatic heterocycles. The smallest absolute Gasteiger partial charge is 0.324 e. The largest absolute Gasteiger partial charge is 0.466 e. The highest BCUT2D eigenvalue weighted by atomic mass is 33.1. The third-order valence-electron chi connectivity index (χ3n) is 19.4. The zero-order valence-electron chi connectivity index (χ0n) is 71.7. The van der Waals surface area contributed by atoms with E-state index in [1.807, 2.05) is 23.6 Å². The Morgan fingerprint density at radius 2 is 0.585 bits per heavy atom. The van der Waals surface area contributed by atoms with Gasteiger partial charge in [-0.15, -0.1) is 0 Å². The molecule has 0 aliphatic carbocycles. The summed E-state index contributed by atoms with van der Waals surface area (Å²) in [5.41, 5.74) is 0. The lowest BCUT2D eigenvalue weighted by molar-refractivity contribution is -0.157. The molecule has 0 spiro atoms. The van der Waals surface area contributed by atoms with Crippen LogP contribution in [0.4, 0.5) is 0 Å². The first-order chi connectivity index (χ1) is 50.6. The minimum absolute atomic E-state index is 0.00770. The molecule has 4 unspecified atom stereocenters. The number of esters is 6. The summed E-state index contributed by atoms with van der Waals surface area (Å²) in [5, 5.41) is 0. The number of ether oxygens (including phenoxy) is 6. The Hall–Kier alpha value is -2.80. The lowest BCUT2D eigenvalue weighted by atomic mass is 10.0. The standard InChI is InChI=1S/C84H166N8O12S2/c1-19-21-23-27-35-45-73(7)67-101-81(95)49-61-91(59-47-79(93)99-63-37-31-25-29-33-43-71(3)4)77(83(97)103-75(9)65-89(55-39-51-85(11)12)56-40-52-86(13)14)69-105-106-70-78(84(98)104-76(10)66-90(57-41-53-87(15)16)58-42-54-88(17)18)92(60-48-80(94)100-64-38-32-26-30-34-44-72(5)6)62-50-82(96)102-68-74(8)46-36-28-24-22-20-2/h71-78H,19-70H2,1-18H3/t73?,74?,75?,76?,77-,78-/m0/s1. The molecular weight excluding hydrogens is 1380 g/mol. The van der Waals surface area contributed by atoms with Gasteiger partial charge in [-0.3, -0.25) is 48.4 Å². The molecule has 0 amide bonds. The van der Waals surface area contributed by atoms with Crippen LogP contribution in [0.2, 0.25) is 0 Å². The molecule has 0 aliphatic rings. The average molecular weight is 1540 g/mol. The third kappa shape index (κ3) is 63.8. The molecule has 0 aromatic carbocycles. The summed E-state index contributed by atoms with van der Waals surface area (Å²) in [5.74, 6) is -0.358. The molecule has 0 saturated heterocycles. The van der Waals surface area contributed by atoms with Crippen molar-refractivity contribution in [2.75, 3.05) is 186 Å². The Kier molecular flexibility index (Phi) is 67.1. The maximum absolute atomic E-state index is 15.3. The number of nitrogens with zero attached hydrogens (tertiary/aromatic N) is 8. The molecule has 0 rings (SSSR count). The molecule has 20 nitrogen and oxygen atoms in total. The molecule has 0 saturated carbocycles. The predicted molar refractivity (Wildman–Crippen MR) is 445 cm³/mol. The topological polar surface area (TPSA) is 184 Å². The van der Waals surface area contributed by atoms with Gasteiger partial charge in [-0.25, -0.2) is 0 Å². The van der Waals surface area contributed by atoms with E-state index < -0.39 is 36.2 Å². The summed E-state index contributed by atoms with van der Waals surface area (Å²) in [4.78, 5) is 103. The van der Waals surface area contributed by atoms with E-state index in [1.165, 1.54) is 85.8 Å². The van der Waals surface area contributed by atoms with E-state index in [9.17, 15) is 19.2 Å². The number of carbonyl (C=O) groups excluding carboxylic acids is 6. The second kappa shape index (κ2) is 69.0. The number of carbonyl (C=O) groups is 6. The highest BCUT2D eigenvalue weighted by Gasteiger charge is 2.34. The molecule has 0 radical (unpaired) electrons. The lowest BCUT2D eigenvalue weighted by Gasteiger charge is -2.33. The summed E-state index contributed by atoms with van der Waals surface area (Å²) >= 11 is 0. The quantitative estimate of drug-likeness (QED) is 0.0242. The van der Waals surface area contributed by atoms with Crippen LogP contribution in [0.1, 0.15) is 275 Å². The van der Waals surface area contributed by atoms with Crippen LogP contribution in [0.5, 0.6) is 0 Å². The average Bonchev–Trinajstić information content (AvgIpc) is 0.871. The lowest BCUT2D eigenvalue weighted by Crippen LogP contribution is -2.48. The van der Waals surface area contributed by atoms with Gasteiger partial charge in [-0.2, -0.15) is 0 Å². The van der Waals surface area contributed by atoms with Crippen LogP contribution in [0.15, 0.2) is 0 Å². The minimum Gasteiger partial charge on any atom is -0.466 e. The molecule has 0 aromatic heterocycles. The molecule has 106 heavy (non-hydrogen) atoms. The van der Waals surface area contributed by atoms with Gasteiger partial charge in [0.2, 0.25) is 0 Å². The summed E-state index contributed by atoms with van der Waals surface area (Å²) < 4.78 is 36.6. The van der Waals surface area contributed by atoms with Crippen molar-refractivity contribution >= 4 is 57.4 Å². The molecule has 626 valence electrons. The first-order valence-corrected chi connectivity index (χ1v) is 44.9. The van der Waals surface area contributed by atoms with Crippen molar-refractivity contribution < 1.29 is 57.2 Å². The van der Waals surface area contributed by atoms with E-state index in [0.717, 1.165) is 168 Å². The molecule has 22 heteroatoms. The van der Waals surface area contributed by atoms with Crippen molar-refractivity contribution in [3.8, 4) is 0 Å². The summed E-state index contributed by atoms with van der Waals surface area (Å²) in [6, 6.07) is -1.86. The van der Waals surface area contributed by atoms with Crippen LogP contribution < -0.4 is 0 Å². The van der Waals surface area contributed by atoms with Gasteiger partial charge in [0.1, 0.15) is 24.3 Å². The fraction of sp³-hybridized carbons (Fsp3) is 0.929. The van der Waals surface area contributed by atoms with Crippen molar-refractivity contribution in [1.29, 1.82) is 0 Å². The second-order valence-electron chi connectivity index (χ2n) is 32.7. The summed E-state index contributed by atoms with van der Waals surface area (Å²) in [6.45, 7) is 31.3. The minimum atomic E-state index is -0.930. The van der Waals surface area contributed by atoms with Gasteiger partial charge in [0.05, 0.1) is 52.1 Å². The number of unbranched alkanes of at least 4 members (excludes halogenated alkanes) is 16. The van der Waals surface area contributed by atoms with E-state index in [2.05, 4.69) is 141 Å². The zero-order chi connectivity index (χ0) is 79.1. The van der Waals surface area contributed by atoms with E-state index >= 15 is 9.59 Å². The summed E-state index contributed by atoms with van der Waals surface area (Å²) in [6.07, 6.45) is 29.1. The van der Waals surface area contributed by atoms with E-state index in [4.69, 9.17) is 28.4 Å². The maximum Gasteiger partial charge on any atom is 0.324 e. The monoisotopic (exact) mass is 1540 g/mol. The first kappa shape index (κ1) is 103. The van der Waals surface area contributed by atoms with Crippen LogP contribution in [0, 0.1) is 23.7 Å². The van der Waals surface area contributed by atoms with Gasteiger partial charge in [-0.05, 0) is 198 Å². The highest BCUT2D eigenvalue weighted by Crippen LogP contribution is 2.29. The zero-order valence-corrected chi connectivity index (χ0v) is 73.3. The summed E-state index contributed by atoms with van der Waals surface area (Å²) in [7, 11) is 19.4. The molecule has 0 heterocycles. The van der Waals surface area contributed by atoms with Crippen molar-refractivity contribution in [3.63, 3.8) is 0 Å². The van der Waals surface area contributed by atoms with Gasteiger partial charge in [0, 0.05) is 50.8 Å². The van der Waals surface area contributed by atoms with Crippen molar-refractivity contribution in [3.05, 3.63) is 0 Å². The molecule has 0 bridgehead atoms. The van der Waals surface area contributed by atoms with Crippen LogP contribution in [0.3, 0.4) is 0 Å². The van der Waals surface area contributed by atoms with Crippen molar-refractivity contribution in [2.45, 2.75) is 299 Å². The SMILES string of the molecule is CCCCCCCC(C)COC(=O)CCN(CCC(=O)OCCCCCCCC(C)C)[C@@H](CSSC[C@@H](C(=O)OC(C)CN(CCCN(C)C)CCCN(C)C)N(CCC(=O)OCCCCCCCC(C)C)CCC(=O)OCC(C)CCCCCCC)C(=O)OC(C)CN(CCCN(C)C)CCCN(C)C. The van der Waals surface area contributed by atoms with Crippen LogP contribution in [0.25, 0.3) is 0 Å².